The van der Waals surface area contributed by atoms with Gasteiger partial charge in [-0.2, -0.15) is 0 Å². The largest absolute Gasteiger partial charge is 0.444 e. The number of halogens is 1. The normalized spacial score (nSPS) is 16.6. The molecule has 6 heteroatoms. The van der Waals surface area contributed by atoms with E-state index in [1.54, 1.807) is 11.0 Å². The Morgan fingerprint density at radius 2 is 2.00 bits per heavy atom. The summed E-state index contributed by atoms with van der Waals surface area (Å²) in [6.07, 6.45) is 1.76. The number of rotatable bonds is 1. The molecule has 1 saturated heterocycles. The van der Waals surface area contributed by atoms with Crippen LogP contribution in [-0.2, 0) is 4.74 Å². The van der Waals surface area contributed by atoms with Gasteiger partial charge in [0.25, 0.3) is 0 Å². The van der Waals surface area contributed by atoms with Crippen LogP contribution in [0.4, 0.5) is 15.0 Å². The third-order valence-corrected chi connectivity index (χ3v) is 3.18. The van der Waals surface area contributed by atoms with E-state index in [0.717, 1.165) is 18.8 Å². The molecular formula is C15H22FN3O2. The minimum absolute atomic E-state index is 0.281. The highest BCUT2D eigenvalue weighted by Crippen LogP contribution is 2.16. The van der Waals surface area contributed by atoms with Crippen molar-refractivity contribution < 1.29 is 13.9 Å². The summed E-state index contributed by atoms with van der Waals surface area (Å²) < 4.78 is 18.3. The van der Waals surface area contributed by atoms with E-state index in [1.807, 2.05) is 20.8 Å². The SMILES string of the molecule is CC(C)(C)OC(=O)N1CCCN(c2ccc(F)cn2)CC1. The van der Waals surface area contributed by atoms with Crippen molar-refractivity contribution in [2.75, 3.05) is 31.1 Å². The summed E-state index contributed by atoms with van der Waals surface area (Å²) in [5.41, 5.74) is -0.485. The molecule has 1 aromatic rings. The minimum atomic E-state index is -0.485. The van der Waals surface area contributed by atoms with Crippen molar-refractivity contribution in [1.29, 1.82) is 0 Å². The number of ether oxygens (including phenoxy) is 1. The first kappa shape index (κ1) is 15.5. The highest BCUT2D eigenvalue weighted by atomic mass is 19.1. The van der Waals surface area contributed by atoms with Crippen molar-refractivity contribution >= 4 is 11.9 Å². The van der Waals surface area contributed by atoms with Gasteiger partial charge in [-0.25, -0.2) is 14.2 Å². The smallest absolute Gasteiger partial charge is 0.410 e. The van der Waals surface area contributed by atoms with Crippen molar-refractivity contribution in [3.8, 4) is 0 Å². The summed E-state index contributed by atoms with van der Waals surface area (Å²) in [5.74, 6) is 0.395. The van der Waals surface area contributed by atoms with Crippen LogP contribution in [-0.4, -0.2) is 47.8 Å². The van der Waals surface area contributed by atoms with E-state index in [9.17, 15) is 9.18 Å². The molecule has 1 amide bonds. The molecule has 21 heavy (non-hydrogen) atoms. The van der Waals surface area contributed by atoms with Gasteiger partial charge in [-0.3, -0.25) is 0 Å². The van der Waals surface area contributed by atoms with E-state index in [0.29, 0.717) is 19.6 Å². The second kappa shape index (κ2) is 6.28. The van der Waals surface area contributed by atoms with Crippen LogP contribution in [0.5, 0.6) is 0 Å². The van der Waals surface area contributed by atoms with Gasteiger partial charge < -0.3 is 14.5 Å². The van der Waals surface area contributed by atoms with Crippen LogP contribution >= 0.6 is 0 Å². The molecule has 0 unspecified atom stereocenters. The first-order chi connectivity index (χ1) is 9.85. The number of carbonyl (C=O) groups is 1. The predicted octanol–water partition coefficient (Wildman–Crippen LogP) is 2.67. The Bertz CT molecular complexity index is 485. The first-order valence-corrected chi connectivity index (χ1v) is 7.19. The highest BCUT2D eigenvalue weighted by molar-refractivity contribution is 5.68. The van der Waals surface area contributed by atoms with Crippen molar-refractivity contribution in [3.63, 3.8) is 0 Å². The van der Waals surface area contributed by atoms with Crippen molar-refractivity contribution in [1.82, 2.24) is 9.88 Å². The van der Waals surface area contributed by atoms with Gasteiger partial charge in [0.05, 0.1) is 6.20 Å². The fraction of sp³-hybridized carbons (Fsp3) is 0.600. The lowest BCUT2D eigenvalue weighted by atomic mass is 10.2. The molecular weight excluding hydrogens is 273 g/mol. The molecule has 1 aliphatic rings. The third-order valence-electron chi connectivity index (χ3n) is 3.18. The minimum Gasteiger partial charge on any atom is -0.444 e. The zero-order chi connectivity index (χ0) is 15.5. The summed E-state index contributed by atoms with van der Waals surface area (Å²) in [7, 11) is 0. The lowest BCUT2D eigenvalue weighted by Gasteiger charge is -2.26. The van der Waals surface area contributed by atoms with Gasteiger partial charge in [0.2, 0.25) is 0 Å². The van der Waals surface area contributed by atoms with Crippen molar-refractivity contribution in [3.05, 3.63) is 24.1 Å². The van der Waals surface area contributed by atoms with Crippen LogP contribution in [0.15, 0.2) is 18.3 Å². The van der Waals surface area contributed by atoms with Crippen LogP contribution in [0, 0.1) is 5.82 Å². The van der Waals surface area contributed by atoms with Crippen LogP contribution in [0.1, 0.15) is 27.2 Å². The lowest BCUT2D eigenvalue weighted by molar-refractivity contribution is 0.0263. The number of carbonyl (C=O) groups excluding carboxylic acids is 1. The highest BCUT2D eigenvalue weighted by Gasteiger charge is 2.24. The van der Waals surface area contributed by atoms with Crippen LogP contribution in [0.2, 0.25) is 0 Å². The Morgan fingerprint density at radius 1 is 1.24 bits per heavy atom. The van der Waals surface area contributed by atoms with Crippen LogP contribution in [0.25, 0.3) is 0 Å². The zero-order valence-corrected chi connectivity index (χ0v) is 12.8. The van der Waals surface area contributed by atoms with E-state index in [1.165, 1.54) is 12.3 Å². The van der Waals surface area contributed by atoms with Gasteiger partial charge in [-0.1, -0.05) is 0 Å². The second-order valence-corrected chi connectivity index (χ2v) is 6.14. The standard InChI is InChI=1S/C15H22FN3O2/c1-15(2,3)21-14(20)19-8-4-7-18(9-10-19)13-6-5-12(16)11-17-13/h5-6,11H,4,7-10H2,1-3H3. The molecule has 0 spiro atoms. The summed E-state index contributed by atoms with van der Waals surface area (Å²) in [6, 6.07) is 3.07. The maximum absolute atomic E-state index is 12.9. The number of aromatic nitrogens is 1. The molecule has 1 aliphatic heterocycles. The summed E-state index contributed by atoms with van der Waals surface area (Å²) >= 11 is 0. The monoisotopic (exact) mass is 295 g/mol. The lowest BCUT2D eigenvalue weighted by Crippen LogP contribution is -2.39. The van der Waals surface area contributed by atoms with Crippen molar-refractivity contribution in [2.45, 2.75) is 32.8 Å². The van der Waals surface area contributed by atoms with Gasteiger partial charge >= 0.3 is 6.09 Å². The van der Waals surface area contributed by atoms with Gasteiger partial charge in [-0.05, 0) is 39.3 Å². The number of anilines is 1. The summed E-state index contributed by atoms with van der Waals surface area (Å²) in [5, 5.41) is 0. The van der Waals surface area contributed by atoms with E-state index in [4.69, 9.17) is 4.74 Å². The number of hydrogen-bond acceptors (Lipinski definition) is 4. The number of hydrogen-bond donors (Lipinski definition) is 0. The number of amides is 1. The zero-order valence-electron chi connectivity index (χ0n) is 12.8. The predicted molar refractivity (Wildman–Crippen MR) is 78.8 cm³/mol. The molecule has 5 nitrogen and oxygen atoms in total. The molecule has 0 N–H and O–H groups in total. The number of nitrogens with zero attached hydrogens (tertiary/aromatic N) is 3. The fourth-order valence-corrected chi connectivity index (χ4v) is 2.21. The Balaban J connectivity index is 1.95. The first-order valence-electron chi connectivity index (χ1n) is 7.19. The average Bonchev–Trinajstić information content (AvgIpc) is 2.63. The Kier molecular flexibility index (Phi) is 4.65. The quantitative estimate of drug-likeness (QED) is 0.799. The van der Waals surface area contributed by atoms with E-state index >= 15 is 0 Å². The topological polar surface area (TPSA) is 45.7 Å². The maximum Gasteiger partial charge on any atom is 0.410 e. The second-order valence-electron chi connectivity index (χ2n) is 6.14. The molecule has 0 atom stereocenters. The van der Waals surface area contributed by atoms with Gasteiger partial charge in [-0.15, -0.1) is 0 Å². The summed E-state index contributed by atoms with van der Waals surface area (Å²) in [4.78, 5) is 19.9. The molecule has 1 aromatic heterocycles. The van der Waals surface area contributed by atoms with Crippen LogP contribution in [0.3, 0.4) is 0 Å². The maximum atomic E-state index is 12.9. The molecule has 0 radical (unpaired) electrons. The molecule has 2 heterocycles. The molecule has 2 rings (SSSR count). The fourth-order valence-electron chi connectivity index (χ4n) is 2.21. The van der Waals surface area contributed by atoms with E-state index in [2.05, 4.69) is 9.88 Å². The van der Waals surface area contributed by atoms with Crippen molar-refractivity contribution in [2.24, 2.45) is 0 Å². The van der Waals surface area contributed by atoms with Gasteiger partial charge in [0.15, 0.2) is 0 Å². The van der Waals surface area contributed by atoms with E-state index in [-0.39, 0.29) is 11.9 Å². The third kappa shape index (κ3) is 4.58. The molecule has 0 aromatic carbocycles. The van der Waals surface area contributed by atoms with Crippen LogP contribution < -0.4 is 4.90 Å². The van der Waals surface area contributed by atoms with E-state index < -0.39 is 5.60 Å². The molecule has 0 bridgehead atoms. The molecule has 1 fully saturated rings. The van der Waals surface area contributed by atoms with Gasteiger partial charge in [0, 0.05) is 26.2 Å². The Hall–Kier alpha value is -1.85. The molecule has 0 saturated carbocycles. The average molecular weight is 295 g/mol. The molecule has 0 aliphatic carbocycles. The Labute approximate surface area is 124 Å². The summed E-state index contributed by atoms with van der Waals surface area (Å²) in [6.45, 7) is 8.27. The van der Waals surface area contributed by atoms with Gasteiger partial charge in [0.1, 0.15) is 17.2 Å². The number of pyridine rings is 1. The molecule has 116 valence electrons. The Morgan fingerprint density at radius 3 is 2.62 bits per heavy atom.